The van der Waals surface area contributed by atoms with Crippen molar-refractivity contribution in [3.8, 4) is 0 Å². The molecule has 1 rings (SSSR count). The quantitative estimate of drug-likeness (QED) is 0.649. The highest BCUT2D eigenvalue weighted by molar-refractivity contribution is 6.34. The molecule has 0 heterocycles. The maximum atomic E-state index is 11.2. The molecule has 0 saturated carbocycles. The average molecular weight is 199 g/mol. The number of ether oxygens (including phenoxy) is 1. The number of benzene rings is 1. The Balaban J connectivity index is 3.26. The summed E-state index contributed by atoms with van der Waals surface area (Å²) in [5.41, 5.74) is 2.41. The molecule has 70 valence electrons. The summed E-state index contributed by atoms with van der Waals surface area (Å²) in [6.07, 6.45) is 0. The van der Waals surface area contributed by atoms with Crippen molar-refractivity contribution in [1.29, 1.82) is 0 Å². The lowest BCUT2D eigenvalue weighted by molar-refractivity contribution is 0.0601. The van der Waals surface area contributed by atoms with Gasteiger partial charge in [0.2, 0.25) is 0 Å². The number of rotatable bonds is 1. The van der Waals surface area contributed by atoms with Crippen molar-refractivity contribution in [2.75, 3.05) is 7.11 Å². The molecule has 0 aliphatic rings. The molecule has 0 spiro atoms. The van der Waals surface area contributed by atoms with E-state index in [0.717, 1.165) is 11.1 Å². The molecule has 1 aromatic rings. The Morgan fingerprint density at radius 3 is 2.54 bits per heavy atom. The monoisotopic (exact) mass is 198 g/mol. The second kappa shape index (κ2) is 3.79. The average Bonchev–Trinajstić information content (AvgIpc) is 2.13. The Hall–Kier alpha value is -1.02. The molecular formula is C10H11ClO2. The van der Waals surface area contributed by atoms with Gasteiger partial charge in [0, 0.05) is 0 Å². The Bertz CT molecular complexity index is 345. The molecule has 13 heavy (non-hydrogen) atoms. The molecule has 0 saturated heterocycles. The van der Waals surface area contributed by atoms with Gasteiger partial charge >= 0.3 is 5.97 Å². The van der Waals surface area contributed by atoms with E-state index >= 15 is 0 Å². The summed E-state index contributed by atoms with van der Waals surface area (Å²) in [4.78, 5) is 11.2. The van der Waals surface area contributed by atoms with Gasteiger partial charge in [-0.3, -0.25) is 0 Å². The highest BCUT2D eigenvalue weighted by Crippen LogP contribution is 2.23. The number of carbonyl (C=O) groups is 1. The van der Waals surface area contributed by atoms with Crippen molar-refractivity contribution in [3.05, 3.63) is 33.8 Å². The molecule has 2 nitrogen and oxygen atoms in total. The Morgan fingerprint density at radius 1 is 1.38 bits per heavy atom. The fourth-order valence-corrected chi connectivity index (χ4v) is 1.34. The predicted molar refractivity (Wildman–Crippen MR) is 52.3 cm³/mol. The van der Waals surface area contributed by atoms with Crippen LogP contribution in [0.5, 0.6) is 0 Å². The summed E-state index contributed by atoms with van der Waals surface area (Å²) in [6, 6.07) is 3.53. The van der Waals surface area contributed by atoms with Crippen LogP contribution in [0.2, 0.25) is 5.02 Å². The van der Waals surface area contributed by atoms with Gasteiger partial charge in [0.1, 0.15) is 0 Å². The van der Waals surface area contributed by atoms with Gasteiger partial charge < -0.3 is 4.74 Å². The molecule has 0 N–H and O–H groups in total. The minimum atomic E-state index is -0.395. The van der Waals surface area contributed by atoms with Crippen LogP contribution in [-0.4, -0.2) is 13.1 Å². The van der Waals surface area contributed by atoms with Crippen molar-refractivity contribution in [2.24, 2.45) is 0 Å². The van der Waals surface area contributed by atoms with Gasteiger partial charge in [0.05, 0.1) is 17.7 Å². The number of methoxy groups -OCH3 is 1. The van der Waals surface area contributed by atoms with E-state index in [1.54, 1.807) is 6.07 Å². The molecule has 0 amide bonds. The highest BCUT2D eigenvalue weighted by atomic mass is 35.5. The lowest BCUT2D eigenvalue weighted by Crippen LogP contribution is -2.03. The first-order chi connectivity index (χ1) is 6.07. The summed E-state index contributed by atoms with van der Waals surface area (Å²) >= 11 is 5.97. The summed E-state index contributed by atoms with van der Waals surface area (Å²) in [5, 5.41) is 0.479. The van der Waals surface area contributed by atoms with E-state index in [9.17, 15) is 4.79 Å². The zero-order valence-electron chi connectivity index (χ0n) is 7.85. The van der Waals surface area contributed by atoms with Gasteiger partial charge in [-0.1, -0.05) is 17.7 Å². The molecule has 0 aromatic heterocycles. The highest BCUT2D eigenvalue weighted by Gasteiger charge is 2.12. The number of hydrogen-bond donors (Lipinski definition) is 0. The molecule has 3 heteroatoms. The third-order valence-corrected chi connectivity index (χ3v) is 2.55. The molecule has 0 aliphatic carbocycles. The van der Waals surface area contributed by atoms with Crippen LogP contribution in [-0.2, 0) is 4.74 Å². The fourth-order valence-electron chi connectivity index (χ4n) is 1.05. The maximum absolute atomic E-state index is 11.2. The second-order valence-electron chi connectivity index (χ2n) is 2.86. The number of esters is 1. The number of hydrogen-bond acceptors (Lipinski definition) is 2. The van der Waals surface area contributed by atoms with E-state index in [1.807, 2.05) is 19.9 Å². The van der Waals surface area contributed by atoms with Gasteiger partial charge in [-0.25, -0.2) is 4.79 Å². The third-order valence-electron chi connectivity index (χ3n) is 2.06. The molecule has 0 unspecified atom stereocenters. The van der Waals surface area contributed by atoms with Crippen LogP contribution in [0.1, 0.15) is 21.5 Å². The third kappa shape index (κ3) is 1.83. The minimum Gasteiger partial charge on any atom is -0.465 e. The van der Waals surface area contributed by atoms with Crippen LogP contribution in [0.15, 0.2) is 12.1 Å². The first-order valence-corrected chi connectivity index (χ1v) is 4.29. The summed E-state index contributed by atoms with van der Waals surface area (Å²) in [6.45, 7) is 3.83. The smallest absolute Gasteiger partial charge is 0.339 e. The van der Waals surface area contributed by atoms with Gasteiger partial charge in [-0.05, 0) is 31.0 Å². The number of carbonyl (C=O) groups excluding carboxylic acids is 1. The van der Waals surface area contributed by atoms with Crippen LogP contribution in [0.3, 0.4) is 0 Å². The number of halogens is 1. The zero-order chi connectivity index (χ0) is 10.0. The molecule has 0 aliphatic heterocycles. The molecular weight excluding hydrogens is 188 g/mol. The molecule has 1 aromatic carbocycles. The summed E-state index contributed by atoms with van der Waals surface area (Å²) in [5.74, 6) is -0.395. The summed E-state index contributed by atoms with van der Waals surface area (Å²) < 4.78 is 4.59. The SMILES string of the molecule is COC(=O)c1ccc(C)c(C)c1Cl. The van der Waals surface area contributed by atoms with Gasteiger partial charge in [0.25, 0.3) is 0 Å². The van der Waals surface area contributed by atoms with Gasteiger partial charge in [0.15, 0.2) is 0 Å². The van der Waals surface area contributed by atoms with Crippen molar-refractivity contribution < 1.29 is 9.53 Å². The minimum absolute atomic E-state index is 0.395. The Labute approximate surface area is 82.5 Å². The van der Waals surface area contributed by atoms with Gasteiger partial charge in [-0.2, -0.15) is 0 Å². The van der Waals surface area contributed by atoms with E-state index in [1.165, 1.54) is 7.11 Å². The lowest BCUT2D eigenvalue weighted by Gasteiger charge is -2.06. The second-order valence-corrected chi connectivity index (χ2v) is 3.24. The van der Waals surface area contributed by atoms with E-state index in [0.29, 0.717) is 10.6 Å². The van der Waals surface area contributed by atoms with Crippen LogP contribution in [0, 0.1) is 13.8 Å². The normalized spacial score (nSPS) is 9.85. The zero-order valence-corrected chi connectivity index (χ0v) is 8.61. The lowest BCUT2D eigenvalue weighted by atomic mass is 10.1. The van der Waals surface area contributed by atoms with Crippen LogP contribution < -0.4 is 0 Å². The van der Waals surface area contributed by atoms with Crippen LogP contribution in [0.4, 0.5) is 0 Å². The Morgan fingerprint density at radius 2 is 2.00 bits per heavy atom. The predicted octanol–water partition coefficient (Wildman–Crippen LogP) is 2.74. The van der Waals surface area contributed by atoms with Gasteiger partial charge in [-0.15, -0.1) is 0 Å². The van der Waals surface area contributed by atoms with Crippen molar-refractivity contribution in [1.82, 2.24) is 0 Å². The first-order valence-electron chi connectivity index (χ1n) is 3.92. The standard InChI is InChI=1S/C10H11ClO2/c1-6-4-5-8(10(12)13-3)9(11)7(6)2/h4-5H,1-3H3. The fraction of sp³-hybridized carbons (Fsp3) is 0.300. The van der Waals surface area contributed by atoms with Crippen LogP contribution >= 0.6 is 11.6 Å². The van der Waals surface area contributed by atoms with E-state index in [2.05, 4.69) is 4.74 Å². The van der Waals surface area contributed by atoms with E-state index < -0.39 is 5.97 Å². The maximum Gasteiger partial charge on any atom is 0.339 e. The molecule has 0 fully saturated rings. The van der Waals surface area contributed by atoms with Crippen molar-refractivity contribution in [3.63, 3.8) is 0 Å². The van der Waals surface area contributed by atoms with E-state index in [4.69, 9.17) is 11.6 Å². The van der Waals surface area contributed by atoms with Crippen molar-refractivity contribution >= 4 is 17.6 Å². The topological polar surface area (TPSA) is 26.3 Å². The molecule has 0 radical (unpaired) electrons. The van der Waals surface area contributed by atoms with E-state index in [-0.39, 0.29) is 0 Å². The Kier molecular flexibility index (Phi) is 2.94. The molecule has 0 atom stereocenters. The molecule has 0 bridgehead atoms. The number of aryl methyl sites for hydroxylation is 1. The first kappa shape index (κ1) is 10.1. The van der Waals surface area contributed by atoms with Crippen molar-refractivity contribution in [2.45, 2.75) is 13.8 Å². The van der Waals surface area contributed by atoms with Crippen LogP contribution in [0.25, 0.3) is 0 Å². The summed E-state index contributed by atoms with van der Waals surface area (Å²) in [7, 11) is 1.34. The largest absolute Gasteiger partial charge is 0.465 e.